The normalized spacial score (nSPS) is 20.2. The first-order valence-electron chi connectivity index (χ1n) is 6.29. The second-order valence-corrected chi connectivity index (χ2v) is 4.71. The Kier molecular flexibility index (Phi) is 3.79. The minimum absolute atomic E-state index is 0.158. The summed E-state index contributed by atoms with van der Waals surface area (Å²) in [6.45, 7) is 0. The smallest absolute Gasteiger partial charge is 0.107 e. The highest BCUT2D eigenvalue weighted by molar-refractivity contribution is 6.07. The lowest BCUT2D eigenvalue weighted by Gasteiger charge is -2.37. The largest absolute Gasteiger partial charge is 0.411 e. The molecule has 1 saturated carbocycles. The van der Waals surface area contributed by atoms with Crippen molar-refractivity contribution in [1.82, 2.24) is 5.32 Å². The second kappa shape index (κ2) is 5.32. The van der Waals surface area contributed by atoms with E-state index in [1.807, 2.05) is 37.4 Å². The summed E-state index contributed by atoms with van der Waals surface area (Å²) in [5.41, 5.74) is 1.63. The van der Waals surface area contributed by atoms with Crippen LogP contribution in [-0.2, 0) is 0 Å². The summed E-state index contributed by atoms with van der Waals surface area (Å²) in [4.78, 5) is 0. The van der Waals surface area contributed by atoms with Gasteiger partial charge in [0.05, 0.1) is 5.54 Å². The van der Waals surface area contributed by atoms with Crippen LogP contribution in [0.3, 0.4) is 0 Å². The van der Waals surface area contributed by atoms with Crippen molar-refractivity contribution in [2.24, 2.45) is 5.16 Å². The quantitative estimate of drug-likeness (QED) is 0.478. The number of rotatable bonds is 3. The number of nitrogens with one attached hydrogen (secondary N) is 1. The molecule has 0 aliphatic heterocycles. The van der Waals surface area contributed by atoms with Crippen LogP contribution in [0.5, 0.6) is 0 Å². The standard InChI is InChI=1S/C14H20N2O/c1-15-14(10-6-3-7-11-14)13(16-17)12-8-4-2-5-9-12/h2,4-5,8-9,15,17H,3,6-7,10-11H2,1H3/b16-13-. The molecule has 1 aliphatic carbocycles. The molecule has 0 atom stereocenters. The zero-order valence-corrected chi connectivity index (χ0v) is 10.3. The van der Waals surface area contributed by atoms with Gasteiger partial charge in [0.25, 0.3) is 0 Å². The first-order valence-corrected chi connectivity index (χ1v) is 6.29. The van der Waals surface area contributed by atoms with E-state index in [2.05, 4.69) is 10.5 Å². The fourth-order valence-electron chi connectivity index (χ4n) is 2.79. The minimum Gasteiger partial charge on any atom is -0.411 e. The van der Waals surface area contributed by atoms with Gasteiger partial charge >= 0.3 is 0 Å². The highest BCUT2D eigenvalue weighted by Gasteiger charge is 2.36. The fraction of sp³-hybridized carbons (Fsp3) is 0.500. The van der Waals surface area contributed by atoms with Gasteiger partial charge in [-0.15, -0.1) is 0 Å². The first kappa shape index (κ1) is 12.1. The molecule has 0 aromatic heterocycles. The minimum atomic E-state index is -0.158. The monoisotopic (exact) mass is 232 g/mol. The summed E-state index contributed by atoms with van der Waals surface area (Å²) in [6.07, 6.45) is 5.73. The van der Waals surface area contributed by atoms with E-state index in [0.717, 1.165) is 24.1 Å². The molecule has 0 unspecified atom stereocenters. The average molecular weight is 232 g/mol. The van der Waals surface area contributed by atoms with E-state index < -0.39 is 0 Å². The van der Waals surface area contributed by atoms with Gasteiger partial charge < -0.3 is 10.5 Å². The van der Waals surface area contributed by atoms with Crippen molar-refractivity contribution in [2.75, 3.05) is 7.05 Å². The molecule has 92 valence electrons. The molecule has 2 N–H and O–H groups in total. The number of hydrogen-bond donors (Lipinski definition) is 2. The molecule has 0 spiro atoms. The first-order chi connectivity index (χ1) is 8.32. The zero-order chi connectivity index (χ0) is 12.1. The Bertz CT molecular complexity index is 380. The molecule has 1 fully saturated rings. The second-order valence-electron chi connectivity index (χ2n) is 4.71. The summed E-state index contributed by atoms with van der Waals surface area (Å²) < 4.78 is 0. The summed E-state index contributed by atoms with van der Waals surface area (Å²) >= 11 is 0. The van der Waals surface area contributed by atoms with Crippen molar-refractivity contribution >= 4 is 5.71 Å². The lowest BCUT2D eigenvalue weighted by atomic mass is 9.76. The highest BCUT2D eigenvalue weighted by atomic mass is 16.4. The van der Waals surface area contributed by atoms with Crippen molar-refractivity contribution < 1.29 is 5.21 Å². The van der Waals surface area contributed by atoms with E-state index in [1.165, 1.54) is 19.3 Å². The van der Waals surface area contributed by atoms with E-state index in [0.29, 0.717) is 0 Å². The zero-order valence-electron chi connectivity index (χ0n) is 10.3. The molecular weight excluding hydrogens is 212 g/mol. The number of hydrogen-bond acceptors (Lipinski definition) is 3. The molecule has 0 bridgehead atoms. The number of nitrogens with zero attached hydrogens (tertiary/aromatic N) is 1. The third kappa shape index (κ3) is 2.34. The molecule has 3 nitrogen and oxygen atoms in total. The van der Waals surface area contributed by atoms with Crippen LogP contribution in [0.4, 0.5) is 0 Å². The van der Waals surface area contributed by atoms with Crippen molar-refractivity contribution in [3.05, 3.63) is 35.9 Å². The summed E-state index contributed by atoms with van der Waals surface area (Å²) in [5.74, 6) is 0. The Hall–Kier alpha value is -1.35. The average Bonchev–Trinajstić information content (AvgIpc) is 2.42. The van der Waals surface area contributed by atoms with Gasteiger partial charge in [0.1, 0.15) is 5.71 Å². The third-order valence-corrected chi connectivity index (χ3v) is 3.79. The van der Waals surface area contributed by atoms with Gasteiger partial charge in [-0.3, -0.25) is 0 Å². The van der Waals surface area contributed by atoms with Gasteiger partial charge in [-0.25, -0.2) is 0 Å². The molecular formula is C14H20N2O. The van der Waals surface area contributed by atoms with E-state index >= 15 is 0 Å². The lowest BCUT2D eigenvalue weighted by molar-refractivity contribution is 0.288. The maximum Gasteiger partial charge on any atom is 0.107 e. The van der Waals surface area contributed by atoms with E-state index in [4.69, 9.17) is 0 Å². The fourth-order valence-corrected chi connectivity index (χ4v) is 2.79. The maximum absolute atomic E-state index is 9.38. The molecule has 0 amide bonds. The summed E-state index contributed by atoms with van der Waals surface area (Å²) in [6, 6.07) is 9.94. The topological polar surface area (TPSA) is 44.6 Å². The Balaban J connectivity index is 2.34. The number of oxime groups is 1. The van der Waals surface area contributed by atoms with E-state index in [1.54, 1.807) is 0 Å². The van der Waals surface area contributed by atoms with Crippen LogP contribution in [0, 0.1) is 0 Å². The van der Waals surface area contributed by atoms with Crippen LogP contribution < -0.4 is 5.32 Å². The summed E-state index contributed by atoms with van der Waals surface area (Å²) in [7, 11) is 1.96. The Morgan fingerprint density at radius 1 is 1.18 bits per heavy atom. The van der Waals surface area contributed by atoms with Gasteiger partial charge in [0.2, 0.25) is 0 Å². The third-order valence-electron chi connectivity index (χ3n) is 3.79. The molecule has 1 aliphatic rings. The van der Waals surface area contributed by atoms with Gasteiger partial charge in [-0.05, 0) is 19.9 Å². The molecule has 0 heterocycles. The van der Waals surface area contributed by atoms with Gasteiger partial charge in [0.15, 0.2) is 0 Å². The van der Waals surface area contributed by atoms with Crippen LogP contribution in [0.15, 0.2) is 35.5 Å². The van der Waals surface area contributed by atoms with Crippen LogP contribution in [0.25, 0.3) is 0 Å². The highest BCUT2D eigenvalue weighted by Crippen LogP contribution is 2.31. The SMILES string of the molecule is CNC1(/C(=N\O)c2ccccc2)CCCCC1. The predicted molar refractivity (Wildman–Crippen MR) is 69.6 cm³/mol. The van der Waals surface area contributed by atoms with Crippen molar-refractivity contribution in [3.8, 4) is 0 Å². The van der Waals surface area contributed by atoms with Crippen molar-refractivity contribution in [2.45, 2.75) is 37.6 Å². The van der Waals surface area contributed by atoms with Crippen LogP contribution >= 0.6 is 0 Å². The Morgan fingerprint density at radius 3 is 2.35 bits per heavy atom. The Morgan fingerprint density at radius 2 is 1.82 bits per heavy atom. The molecule has 1 aromatic carbocycles. The van der Waals surface area contributed by atoms with Crippen LogP contribution in [0.2, 0.25) is 0 Å². The maximum atomic E-state index is 9.38. The van der Waals surface area contributed by atoms with Crippen molar-refractivity contribution in [1.29, 1.82) is 0 Å². The lowest BCUT2D eigenvalue weighted by Crippen LogP contribution is -2.52. The van der Waals surface area contributed by atoms with Crippen molar-refractivity contribution in [3.63, 3.8) is 0 Å². The number of benzene rings is 1. The van der Waals surface area contributed by atoms with Crippen LogP contribution in [-0.4, -0.2) is 23.5 Å². The molecule has 1 aromatic rings. The van der Waals surface area contributed by atoms with E-state index in [-0.39, 0.29) is 5.54 Å². The molecule has 17 heavy (non-hydrogen) atoms. The molecule has 3 heteroatoms. The molecule has 0 radical (unpaired) electrons. The van der Waals surface area contributed by atoms with Crippen LogP contribution in [0.1, 0.15) is 37.7 Å². The van der Waals surface area contributed by atoms with Gasteiger partial charge in [-0.1, -0.05) is 54.8 Å². The van der Waals surface area contributed by atoms with E-state index in [9.17, 15) is 5.21 Å². The molecule has 2 rings (SSSR count). The summed E-state index contributed by atoms with van der Waals surface area (Å²) in [5, 5.41) is 16.3. The van der Waals surface area contributed by atoms with Gasteiger partial charge in [-0.2, -0.15) is 0 Å². The number of likely N-dealkylation sites (N-methyl/N-ethyl adjacent to an activating group) is 1. The Labute approximate surface area is 103 Å². The predicted octanol–water partition coefficient (Wildman–Crippen LogP) is 2.79. The molecule has 0 saturated heterocycles. The van der Waals surface area contributed by atoms with Gasteiger partial charge in [0, 0.05) is 5.56 Å².